The van der Waals surface area contributed by atoms with Crippen molar-refractivity contribution in [1.82, 2.24) is 10.3 Å². The summed E-state index contributed by atoms with van der Waals surface area (Å²) in [7, 11) is 0. The quantitative estimate of drug-likeness (QED) is 0.778. The van der Waals surface area contributed by atoms with Crippen LogP contribution < -0.4 is 5.32 Å². The minimum atomic E-state index is -0.951. The predicted octanol–water partition coefficient (Wildman–Crippen LogP) is 1.69. The topological polar surface area (TPSA) is 82.2 Å². The molecular weight excluding hydrogens is 263 g/mol. The van der Waals surface area contributed by atoms with Crippen LogP contribution in [-0.2, 0) is 16.0 Å². The Labute approximate surface area is 114 Å². The Bertz CT molecular complexity index is 651. The Balaban J connectivity index is 2.01. The summed E-state index contributed by atoms with van der Waals surface area (Å²) in [6.45, 7) is 1.61. The van der Waals surface area contributed by atoms with Crippen LogP contribution in [0.5, 0.6) is 0 Å². The fourth-order valence-electron chi connectivity index (χ4n) is 1.89. The lowest BCUT2D eigenvalue weighted by molar-refractivity contribution is -0.141. The molecule has 0 aliphatic heterocycles. The number of rotatable bonds is 5. The third-order valence-electron chi connectivity index (χ3n) is 3.11. The summed E-state index contributed by atoms with van der Waals surface area (Å²) in [4.78, 5) is 25.3. The van der Waals surface area contributed by atoms with Crippen LogP contribution in [0.1, 0.15) is 12.5 Å². The lowest BCUT2D eigenvalue weighted by atomic mass is 10.1. The number of carbonyl (C=O) groups excluding carboxylic acids is 1. The van der Waals surface area contributed by atoms with Gasteiger partial charge >= 0.3 is 5.97 Å². The van der Waals surface area contributed by atoms with Crippen molar-refractivity contribution in [2.75, 3.05) is 6.54 Å². The smallest absolute Gasteiger partial charge is 0.308 e. The minimum Gasteiger partial charge on any atom is -0.481 e. The number of aromatic amines is 1. The maximum absolute atomic E-state index is 13.0. The second-order valence-corrected chi connectivity index (χ2v) is 4.72. The number of amides is 1. The zero-order valence-electron chi connectivity index (χ0n) is 10.9. The molecule has 0 saturated heterocycles. The van der Waals surface area contributed by atoms with E-state index in [0.717, 1.165) is 10.9 Å². The van der Waals surface area contributed by atoms with Gasteiger partial charge in [-0.05, 0) is 23.8 Å². The van der Waals surface area contributed by atoms with Gasteiger partial charge in [0.1, 0.15) is 5.82 Å². The maximum atomic E-state index is 13.0. The molecular formula is C14H15FN2O3. The molecule has 5 nitrogen and oxygen atoms in total. The zero-order valence-corrected chi connectivity index (χ0v) is 10.9. The van der Waals surface area contributed by atoms with Crippen LogP contribution in [0.15, 0.2) is 24.4 Å². The highest BCUT2D eigenvalue weighted by atomic mass is 19.1. The number of nitrogens with one attached hydrogen (secondary N) is 2. The molecule has 6 heteroatoms. The van der Waals surface area contributed by atoms with E-state index in [2.05, 4.69) is 10.3 Å². The Morgan fingerprint density at radius 3 is 2.90 bits per heavy atom. The number of aromatic nitrogens is 1. The minimum absolute atomic E-state index is 0.0884. The summed E-state index contributed by atoms with van der Waals surface area (Å²) in [5.74, 6) is -2.18. The number of fused-ring (bicyclic) bond motifs is 1. The largest absolute Gasteiger partial charge is 0.481 e. The molecule has 0 bridgehead atoms. The van der Waals surface area contributed by atoms with Crippen molar-refractivity contribution in [3.05, 3.63) is 35.8 Å². The monoisotopic (exact) mass is 278 g/mol. The van der Waals surface area contributed by atoms with Crippen LogP contribution >= 0.6 is 0 Å². The van der Waals surface area contributed by atoms with Gasteiger partial charge in [-0.25, -0.2) is 4.39 Å². The van der Waals surface area contributed by atoms with Gasteiger partial charge < -0.3 is 15.4 Å². The molecule has 2 rings (SSSR count). The van der Waals surface area contributed by atoms with Crippen LogP contribution in [0.2, 0.25) is 0 Å². The molecule has 106 valence electrons. The van der Waals surface area contributed by atoms with Gasteiger partial charge in [-0.15, -0.1) is 0 Å². The second-order valence-electron chi connectivity index (χ2n) is 4.72. The molecule has 0 fully saturated rings. The van der Waals surface area contributed by atoms with E-state index >= 15 is 0 Å². The molecule has 0 saturated carbocycles. The van der Waals surface area contributed by atoms with E-state index in [9.17, 15) is 14.0 Å². The highest BCUT2D eigenvalue weighted by Crippen LogP contribution is 2.19. The molecule has 1 heterocycles. The average molecular weight is 278 g/mol. The van der Waals surface area contributed by atoms with Crippen molar-refractivity contribution in [1.29, 1.82) is 0 Å². The van der Waals surface area contributed by atoms with Gasteiger partial charge in [-0.2, -0.15) is 0 Å². The van der Waals surface area contributed by atoms with E-state index in [4.69, 9.17) is 5.11 Å². The highest BCUT2D eigenvalue weighted by molar-refractivity contribution is 5.89. The number of carboxylic acid groups (broad SMARTS) is 1. The lowest BCUT2D eigenvalue weighted by Gasteiger charge is -2.08. The molecule has 0 unspecified atom stereocenters. The van der Waals surface area contributed by atoms with Crippen molar-refractivity contribution in [2.45, 2.75) is 13.3 Å². The van der Waals surface area contributed by atoms with Crippen LogP contribution in [0.3, 0.4) is 0 Å². The third kappa shape index (κ3) is 3.14. The Hall–Kier alpha value is -2.37. The van der Waals surface area contributed by atoms with Crippen LogP contribution in [-0.4, -0.2) is 28.5 Å². The number of aliphatic carboxylic acids is 1. The number of halogens is 1. The summed E-state index contributed by atoms with van der Waals surface area (Å²) in [5, 5.41) is 12.1. The van der Waals surface area contributed by atoms with E-state index in [-0.39, 0.29) is 24.7 Å². The molecule has 0 aliphatic carbocycles. The molecule has 1 aromatic heterocycles. The highest BCUT2D eigenvalue weighted by Gasteiger charge is 2.13. The number of carboxylic acids is 1. The molecule has 0 radical (unpaired) electrons. The first-order chi connectivity index (χ1) is 9.47. The molecule has 1 atom stereocenters. The molecule has 3 N–H and O–H groups in total. The maximum Gasteiger partial charge on any atom is 0.308 e. The number of carbonyl (C=O) groups is 2. The lowest BCUT2D eigenvalue weighted by Crippen LogP contribution is -2.32. The van der Waals surface area contributed by atoms with Gasteiger partial charge in [0, 0.05) is 23.6 Å². The first-order valence-electron chi connectivity index (χ1n) is 6.22. The van der Waals surface area contributed by atoms with E-state index in [0.29, 0.717) is 5.52 Å². The Kier molecular flexibility index (Phi) is 4.02. The molecule has 0 spiro atoms. The van der Waals surface area contributed by atoms with Crippen molar-refractivity contribution < 1.29 is 19.1 Å². The van der Waals surface area contributed by atoms with Crippen LogP contribution in [0.4, 0.5) is 4.39 Å². The van der Waals surface area contributed by atoms with Crippen molar-refractivity contribution in [3.8, 4) is 0 Å². The molecule has 1 aromatic carbocycles. The Morgan fingerprint density at radius 1 is 1.45 bits per heavy atom. The van der Waals surface area contributed by atoms with E-state index in [1.54, 1.807) is 12.3 Å². The zero-order chi connectivity index (χ0) is 14.7. The first-order valence-corrected chi connectivity index (χ1v) is 6.22. The van der Waals surface area contributed by atoms with Gasteiger partial charge in [0.15, 0.2) is 0 Å². The van der Waals surface area contributed by atoms with E-state index in [1.165, 1.54) is 19.1 Å². The summed E-state index contributed by atoms with van der Waals surface area (Å²) in [5.41, 5.74) is 1.38. The Morgan fingerprint density at radius 2 is 2.20 bits per heavy atom. The number of hydrogen-bond acceptors (Lipinski definition) is 2. The summed E-state index contributed by atoms with van der Waals surface area (Å²) in [6, 6.07) is 4.32. The van der Waals surface area contributed by atoms with Crippen molar-refractivity contribution in [3.63, 3.8) is 0 Å². The van der Waals surface area contributed by atoms with Gasteiger partial charge in [-0.3, -0.25) is 9.59 Å². The van der Waals surface area contributed by atoms with Gasteiger partial charge in [-0.1, -0.05) is 6.92 Å². The number of benzene rings is 1. The fourth-order valence-corrected chi connectivity index (χ4v) is 1.89. The predicted molar refractivity (Wildman–Crippen MR) is 71.8 cm³/mol. The van der Waals surface area contributed by atoms with Crippen LogP contribution in [0, 0.1) is 11.7 Å². The van der Waals surface area contributed by atoms with Crippen molar-refractivity contribution in [2.24, 2.45) is 5.92 Å². The third-order valence-corrected chi connectivity index (χ3v) is 3.11. The SMILES string of the molecule is C[C@@H](CNC(=O)Cc1c[nH]c2cc(F)ccc12)C(=O)O. The first kappa shape index (κ1) is 14.0. The molecule has 1 amide bonds. The summed E-state index contributed by atoms with van der Waals surface area (Å²) in [6.07, 6.45) is 1.78. The average Bonchev–Trinajstić information content (AvgIpc) is 2.78. The van der Waals surface area contributed by atoms with Crippen molar-refractivity contribution >= 4 is 22.8 Å². The summed E-state index contributed by atoms with van der Waals surface area (Å²) >= 11 is 0. The molecule has 0 aliphatic rings. The molecule has 2 aromatic rings. The second kappa shape index (κ2) is 5.73. The number of H-pyrrole nitrogens is 1. The van der Waals surface area contributed by atoms with Crippen LogP contribution in [0.25, 0.3) is 10.9 Å². The fraction of sp³-hybridized carbons (Fsp3) is 0.286. The summed E-state index contributed by atoms with van der Waals surface area (Å²) < 4.78 is 13.0. The van der Waals surface area contributed by atoms with E-state index < -0.39 is 11.9 Å². The van der Waals surface area contributed by atoms with Gasteiger partial charge in [0.2, 0.25) is 5.91 Å². The number of hydrogen-bond donors (Lipinski definition) is 3. The van der Waals surface area contributed by atoms with E-state index in [1.807, 2.05) is 0 Å². The normalized spacial score (nSPS) is 12.3. The molecule has 20 heavy (non-hydrogen) atoms. The van der Waals surface area contributed by atoms with Gasteiger partial charge in [0.05, 0.1) is 12.3 Å². The van der Waals surface area contributed by atoms with Gasteiger partial charge in [0.25, 0.3) is 0 Å². The standard InChI is InChI=1S/C14H15FN2O3/c1-8(14(19)20)6-17-13(18)4-9-7-16-12-5-10(15)2-3-11(9)12/h2-3,5,7-8,16H,4,6H2,1H3,(H,17,18)(H,19,20)/t8-/m0/s1.